The Labute approximate surface area is 190 Å². The Morgan fingerprint density at radius 1 is 1.15 bits per heavy atom. The molecule has 1 amide bonds. The summed E-state index contributed by atoms with van der Waals surface area (Å²) in [5, 5.41) is 8.24. The molecule has 0 aliphatic carbocycles. The van der Waals surface area contributed by atoms with Gasteiger partial charge in [0.15, 0.2) is 0 Å². The number of hydrogen-bond acceptors (Lipinski definition) is 4. The molecule has 0 unspecified atom stereocenters. The summed E-state index contributed by atoms with van der Waals surface area (Å²) < 4.78 is 22.0. The van der Waals surface area contributed by atoms with Crippen LogP contribution in [0, 0.1) is 19.7 Å². The number of carbonyl (C=O) groups is 1. The largest absolute Gasteiger partial charge is 0.497 e. The number of amides is 1. The highest BCUT2D eigenvalue weighted by atomic mass is 19.1. The van der Waals surface area contributed by atoms with Crippen LogP contribution in [0.3, 0.4) is 0 Å². The molecule has 4 rings (SSSR count). The molecule has 0 aliphatic heterocycles. The van der Waals surface area contributed by atoms with Crippen LogP contribution < -0.4 is 15.6 Å². The van der Waals surface area contributed by atoms with E-state index in [9.17, 15) is 14.0 Å². The summed E-state index contributed by atoms with van der Waals surface area (Å²) in [7, 11) is 3.25. The maximum atomic E-state index is 13.8. The van der Waals surface area contributed by atoms with Crippen LogP contribution >= 0.6 is 0 Å². The highest BCUT2D eigenvalue weighted by molar-refractivity contribution is 5.91. The molecule has 0 saturated heterocycles. The van der Waals surface area contributed by atoms with Crippen LogP contribution in [0.5, 0.6) is 5.75 Å². The number of anilines is 1. The monoisotopic (exact) mass is 448 g/mol. The molecular formula is C25H25FN4O3. The molecule has 0 bridgehead atoms. The van der Waals surface area contributed by atoms with Crippen molar-refractivity contribution in [2.24, 2.45) is 7.05 Å². The molecule has 1 N–H and O–H groups in total. The van der Waals surface area contributed by atoms with Gasteiger partial charge in [0.25, 0.3) is 5.56 Å². The predicted molar refractivity (Wildman–Crippen MR) is 126 cm³/mol. The standard InChI is InChI=1S/C25H25FN4O3/c1-15-21(12-13-22(31)27-18-8-10-20(33-4)11-9-18)25(32)29(3)24-23(15)16(2)28-30(24)19-7-5-6-17(26)14-19/h5-11,14H,12-13H2,1-4H3,(H,27,31). The van der Waals surface area contributed by atoms with Crippen molar-refractivity contribution >= 4 is 22.6 Å². The van der Waals surface area contributed by atoms with Gasteiger partial charge in [-0.25, -0.2) is 9.07 Å². The van der Waals surface area contributed by atoms with Crippen LogP contribution in [0.2, 0.25) is 0 Å². The molecular weight excluding hydrogens is 423 g/mol. The van der Waals surface area contributed by atoms with Crippen LogP contribution in [0.4, 0.5) is 10.1 Å². The normalized spacial score (nSPS) is 11.1. The predicted octanol–water partition coefficient (Wildman–Crippen LogP) is 4.06. The van der Waals surface area contributed by atoms with Gasteiger partial charge in [0.05, 0.1) is 18.5 Å². The molecule has 33 heavy (non-hydrogen) atoms. The topological polar surface area (TPSA) is 78.2 Å². The minimum Gasteiger partial charge on any atom is -0.497 e. The Morgan fingerprint density at radius 3 is 2.55 bits per heavy atom. The number of pyridine rings is 1. The zero-order chi connectivity index (χ0) is 23.7. The van der Waals surface area contributed by atoms with E-state index in [1.54, 1.807) is 55.2 Å². The molecule has 2 heterocycles. The lowest BCUT2D eigenvalue weighted by atomic mass is 10.0. The van der Waals surface area contributed by atoms with Gasteiger partial charge < -0.3 is 10.1 Å². The van der Waals surface area contributed by atoms with Gasteiger partial charge >= 0.3 is 0 Å². The van der Waals surface area contributed by atoms with E-state index in [-0.39, 0.29) is 23.7 Å². The quantitative estimate of drug-likeness (QED) is 0.483. The van der Waals surface area contributed by atoms with Crippen LogP contribution in [-0.2, 0) is 18.3 Å². The Morgan fingerprint density at radius 2 is 1.88 bits per heavy atom. The number of nitrogens with zero attached hydrogens (tertiary/aromatic N) is 3. The Balaban J connectivity index is 1.64. The van der Waals surface area contributed by atoms with Crippen molar-refractivity contribution < 1.29 is 13.9 Å². The first-order chi connectivity index (χ1) is 15.8. The number of carbonyl (C=O) groups excluding carboxylic acids is 1. The number of rotatable bonds is 6. The van der Waals surface area contributed by atoms with Gasteiger partial charge in [0, 0.05) is 30.1 Å². The van der Waals surface area contributed by atoms with E-state index in [0.29, 0.717) is 34.8 Å². The lowest BCUT2D eigenvalue weighted by Gasteiger charge is -2.13. The molecule has 4 aromatic rings. The fraction of sp³-hybridized carbons (Fsp3) is 0.240. The minimum absolute atomic E-state index is 0.157. The van der Waals surface area contributed by atoms with Crippen LogP contribution in [0.15, 0.2) is 53.3 Å². The third-order valence-corrected chi connectivity index (χ3v) is 5.77. The average Bonchev–Trinajstić information content (AvgIpc) is 3.15. The van der Waals surface area contributed by atoms with Crippen LogP contribution in [0.1, 0.15) is 23.2 Å². The summed E-state index contributed by atoms with van der Waals surface area (Å²) in [6, 6.07) is 13.1. The van der Waals surface area contributed by atoms with Gasteiger partial charge in [-0.15, -0.1) is 0 Å². The van der Waals surface area contributed by atoms with Gasteiger partial charge in [-0.1, -0.05) is 6.07 Å². The number of halogens is 1. The Bertz CT molecular complexity index is 1400. The van der Waals surface area contributed by atoms with Gasteiger partial charge in [-0.2, -0.15) is 5.10 Å². The molecule has 170 valence electrons. The fourth-order valence-electron chi connectivity index (χ4n) is 4.09. The van der Waals surface area contributed by atoms with E-state index in [4.69, 9.17) is 4.74 Å². The fourth-order valence-corrected chi connectivity index (χ4v) is 4.09. The third-order valence-electron chi connectivity index (χ3n) is 5.77. The van der Waals surface area contributed by atoms with E-state index in [1.807, 2.05) is 13.8 Å². The molecule has 0 saturated carbocycles. The first kappa shape index (κ1) is 22.3. The van der Waals surface area contributed by atoms with Crippen LogP contribution in [-0.4, -0.2) is 27.4 Å². The number of benzene rings is 2. The minimum atomic E-state index is -0.380. The number of ether oxygens (including phenoxy) is 1. The third kappa shape index (κ3) is 4.24. The summed E-state index contributed by atoms with van der Waals surface area (Å²) in [5.74, 6) is 0.137. The number of methoxy groups -OCH3 is 1. The first-order valence-electron chi connectivity index (χ1n) is 10.6. The van der Waals surface area contributed by atoms with E-state index in [1.165, 1.54) is 16.7 Å². The zero-order valence-corrected chi connectivity index (χ0v) is 19.0. The van der Waals surface area contributed by atoms with E-state index >= 15 is 0 Å². The molecule has 7 nitrogen and oxygen atoms in total. The lowest BCUT2D eigenvalue weighted by Crippen LogP contribution is -2.25. The molecule has 0 atom stereocenters. The second-order valence-corrected chi connectivity index (χ2v) is 7.92. The van der Waals surface area contributed by atoms with Crippen molar-refractivity contribution in [2.45, 2.75) is 26.7 Å². The summed E-state index contributed by atoms with van der Waals surface area (Å²) in [6.07, 6.45) is 0.450. The van der Waals surface area contributed by atoms with Crippen molar-refractivity contribution in [1.82, 2.24) is 14.3 Å². The SMILES string of the molecule is COc1ccc(NC(=O)CCc2c(C)c3c(C)nn(-c4cccc(F)c4)c3n(C)c2=O)cc1. The molecule has 8 heteroatoms. The van der Waals surface area contributed by atoms with Gasteiger partial charge in [-0.3, -0.25) is 14.2 Å². The van der Waals surface area contributed by atoms with E-state index < -0.39 is 0 Å². The molecule has 0 aliphatic rings. The summed E-state index contributed by atoms with van der Waals surface area (Å²) in [4.78, 5) is 25.7. The molecule has 0 spiro atoms. The Hall–Kier alpha value is -3.94. The molecule has 2 aromatic heterocycles. The van der Waals surface area contributed by atoms with E-state index in [2.05, 4.69) is 10.4 Å². The Kier molecular flexibility index (Phi) is 6.00. The van der Waals surface area contributed by atoms with Crippen molar-refractivity contribution in [3.05, 3.63) is 81.5 Å². The second-order valence-electron chi connectivity index (χ2n) is 7.92. The van der Waals surface area contributed by atoms with Crippen molar-refractivity contribution in [3.8, 4) is 11.4 Å². The van der Waals surface area contributed by atoms with Crippen molar-refractivity contribution in [1.29, 1.82) is 0 Å². The molecule has 2 aromatic carbocycles. The maximum Gasteiger partial charge on any atom is 0.255 e. The highest BCUT2D eigenvalue weighted by Crippen LogP contribution is 2.26. The summed E-state index contributed by atoms with van der Waals surface area (Å²) >= 11 is 0. The number of aryl methyl sites for hydroxylation is 3. The van der Waals surface area contributed by atoms with Crippen molar-refractivity contribution in [3.63, 3.8) is 0 Å². The van der Waals surface area contributed by atoms with Crippen LogP contribution in [0.25, 0.3) is 16.7 Å². The maximum absolute atomic E-state index is 13.8. The number of fused-ring (bicyclic) bond motifs is 1. The smallest absolute Gasteiger partial charge is 0.255 e. The summed E-state index contributed by atoms with van der Waals surface area (Å²) in [6.45, 7) is 3.72. The van der Waals surface area contributed by atoms with E-state index in [0.717, 1.165) is 16.6 Å². The van der Waals surface area contributed by atoms with Crippen molar-refractivity contribution in [2.75, 3.05) is 12.4 Å². The van der Waals surface area contributed by atoms with Gasteiger partial charge in [-0.05, 0) is 68.3 Å². The number of aromatic nitrogens is 3. The first-order valence-corrected chi connectivity index (χ1v) is 10.6. The highest BCUT2D eigenvalue weighted by Gasteiger charge is 2.20. The second kappa shape index (κ2) is 8.90. The van der Waals surface area contributed by atoms with Gasteiger partial charge in [0.1, 0.15) is 17.2 Å². The average molecular weight is 448 g/mol. The number of hydrogen-bond donors (Lipinski definition) is 1. The number of nitrogens with one attached hydrogen (secondary N) is 1. The lowest BCUT2D eigenvalue weighted by molar-refractivity contribution is -0.116. The molecule has 0 fully saturated rings. The zero-order valence-electron chi connectivity index (χ0n) is 19.0. The molecule has 0 radical (unpaired) electrons. The summed E-state index contributed by atoms with van der Waals surface area (Å²) in [5.41, 5.74) is 3.66. The van der Waals surface area contributed by atoms with Gasteiger partial charge in [0.2, 0.25) is 5.91 Å².